The van der Waals surface area contributed by atoms with Crippen LogP contribution in [0.15, 0.2) is 65.6 Å². The van der Waals surface area contributed by atoms with Gasteiger partial charge in [-0.15, -0.1) is 0 Å². The Morgan fingerprint density at radius 2 is 1.44 bits per heavy atom. The Hall–Kier alpha value is -2.91. The minimum absolute atomic E-state index is 0.0296. The summed E-state index contributed by atoms with van der Waals surface area (Å²) in [6.07, 6.45) is 0. The molecule has 0 saturated heterocycles. The monoisotopic (exact) mass is 491 g/mol. The standard InChI is InChI=1S/C22H19Cl2N3O4S/c1-13(28)15-6-8-18(9-7-15)32(30,31)26-12-14-2-4-16(5-3-14)22(29)27-17-10-19(23)21(25)20(24)11-17/h2-11,26H,12,25H2,1H3,(H,27,29). The number of Topliss-reactive ketones (excluding diaryl/α,β-unsaturated/α-hetero) is 1. The van der Waals surface area contributed by atoms with Gasteiger partial charge in [-0.1, -0.05) is 47.5 Å². The number of nitrogens with one attached hydrogen (secondary N) is 2. The summed E-state index contributed by atoms with van der Waals surface area (Å²) in [6.45, 7) is 1.44. The van der Waals surface area contributed by atoms with Gasteiger partial charge in [0.05, 0.1) is 20.6 Å². The van der Waals surface area contributed by atoms with Crippen LogP contribution in [-0.2, 0) is 16.6 Å². The lowest BCUT2D eigenvalue weighted by Gasteiger charge is -2.10. The van der Waals surface area contributed by atoms with Crippen LogP contribution in [0.25, 0.3) is 0 Å². The average molecular weight is 492 g/mol. The van der Waals surface area contributed by atoms with Gasteiger partial charge in [-0.25, -0.2) is 13.1 Å². The van der Waals surface area contributed by atoms with E-state index in [4.69, 9.17) is 28.9 Å². The number of carbonyl (C=O) groups excluding carboxylic acids is 2. The number of amides is 1. The molecular weight excluding hydrogens is 473 g/mol. The lowest BCUT2D eigenvalue weighted by molar-refractivity contribution is 0.101. The topological polar surface area (TPSA) is 118 Å². The largest absolute Gasteiger partial charge is 0.396 e. The first-order valence-electron chi connectivity index (χ1n) is 9.32. The van der Waals surface area contributed by atoms with Crippen LogP contribution in [0.5, 0.6) is 0 Å². The summed E-state index contributed by atoms with van der Waals surface area (Å²) in [6, 6.07) is 15.1. The molecule has 166 valence electrons. The number of anilines is 2. The molecule has 0 aromatic heterocycles. The van der Waals surface area contributed by atoms with Crippen molar-refractivity contribution in [2.24, 2.45) is 0 Å². The van der Waals surface area contributed by atoms with Gasteiger partial charge >= 0.3 is 0 Å². The molecule has 0 aliphatic carbocycles. The third kappa shape index (κ3) is 5.66. The van der Waals surface area contributed by atoms with Crippen LogP contribution in [-0.4, -0.2) is 20.1 Å². The molecule has 0 bridgehead atoms. The number of carbonyl (C=O) groups is 2. The number of hydrogen-bond acceptors (Lipinski definition) is 5. The molecule has 0 unspecified atom stereocenters. The lowest BCUT2D eigenvalue weighted by Crippen LogP contribution is -2.23. The van der Waals surface area contributed by atoms with Crippen molar-refractivity contribution in [2.45, 2.75) is 18.4 Å². The fourth-order valence-corrected chi connectivity index (χ4v) is 4.27. The molecule has 4 N–H and O–H groups in total. The Morgan fingerprint density at radius 3 is 1.97 bits per heavy atom. The second-order valence-electron chi connectivity index (χ2n) is 6.91. The molecule has 0 atom stereocenters. The molecule has 3 aromatic rings. The minimum atomic E-state index is -3.76. The molecule has 0 heterocycles. The maximum absolute atomic E-state index is 12.5. The van der Waals surface area contributed by atoms with E-state index in [9.17, 15) is 18.0 Å². The van der Waals surface area contributed by atoms with Gasteiger partial charge in [0.15, 0.2) is 5.78 Å². The maximum Gasteiger partial charge on any atom is 0.255 e. The molecule has 0 spiro atoms. The van der Waals surface area contributed by atoms with Crippen LogP contribution in [0, 0.1) is 0 Å². The zero-order chi connectivity index (χ0) is 23.5. The van der Waals surface area contributed by atoms with E-state index in [1.807, 2.05) is 0 Å². The molecule has 3 aromatic carbocycles. The second kappa shape index (κ2) is 9.70. The molecule has 3 rings (SSSR count). The quantitative estimate of drug-likeness (QED) is 0.331. The smallest absolute Gasteiger partial charge is 0.255 e. The van der Waals surface area contributed by atoms with Gasteiger partial charge < -0.3 is 11.1 Å². The third-order valence-corrected chi connectivity index (χ3v) is 6.63. The summed E-state index contributed by atoms with van der Waals surface area (Å²) in [7, 11) is -3.76. The average Bonchev–Trinajstić information content (AvgIpc) is 2.76. The predicted molar refractivity (Wildman–Crippen MR) is 126 cm³/mol. The van der Waals surface area contributed by atoms with Crippen molar-refractivity contribution in [3.63, 3.8) is 0 Å². The van der Waals surface area contributed by atoms with Crippen molar-refractivity contribution in [1.29, 1.82) is 0 Å². The number of hydrogen-bond donors (Lipinski definition) is 3. The maximum atomic E-state index is 12.5. The Kier molecular flexibility index (Phi) is 7.20. The highest BCUT2D eigenvalue weighted by atomic mass is 35.5. The van der Waals surface area contributed by atoms with Crippen molar-refractivity contribution in [3.05, 3.63) is 87.4 Å². The first-order chi connectivity index (χ1) is 15.1. The molecule has 1 amide bonds. The number of rotatable bonds is 7. The summed E-state index contributed by atoms with van der Waals surface area (Å²) < 4.78 is 27.4. The van der Waals surface area contributed by atoms with E-state index >= 15 is 0 Å². The number of halogens is 2. The van der Waals surface area contributed by atoms with E-state index in [0.717, 1.165) is 0 Å². The number of nitrogens with two attached hydrogens (primary N) is 1. The van der Waals surface area contributed by atoms with Gasteiger partial charge in [0.25, 0.3) is 5.91 Å². The van der Waals surface area contributed by atoms with E-state index < -0.39 is 10.0 Å². The van der Waals surface area contributed by atoms with Gasteiger partial charge in [0, 0.05) is 23.4 Å². The summed E-state index contributed by atoms with van der Waals surface area (Å²) in [4.78, 5) is 23.8. The third-order valence-electron chi connectivity index (χ3n) is 4.59. The number of sulfonamides is 1. The van der Waals surface area contributed by atoms with Gasteiger partial charge in [-0.3, -0.25) is 9.59 Å². The van der Waals surface area contributed by atoms with Crippen molar-refractivity contribution in [2.75, 3.05) is 11.1 Å². The SMILES string of the molecule is CC(=O)c1ccc(S(=O)(=O)NCc2ccc(C(=O)Nc3cc(Cl)c(N)c(Cl)c3)cc2)cc1. The first kappa shape index (κ1) is 23.7. The highest BCUT2D eigenvalue weighted by Crippen LogP contribution is 2.31. The Balaban J connectivity index is 1.64. The van der Waals surface area contributed by atoms with Crippen molar-refractivity contribution >= 4 is 56.3 Å². The van der Waals surface area contributed by atoms with E-state index in [1.54, 1.807) is 24.3 Å². The second-order valence-corrected chi connectivity index (χ2v) is 9.49. The molecule has 0 fully saturated rings. The normalized spacial score (nSPS) is 11.2. The summed E-state index contributed by atoms with van der Waals surface area (Å²) in [5.74, 6) is -0.534. The molecule has 32 heavy (non-hydrogen) atoms. The van der Waals surface area contributed by atoms with Crippen LogP contribution in [0.1, 0.15) is 33.2 Å². The van der Waals surface area contributed by atoms with E-state index in [-0.39, 0.29) is 38.9 Å². The fourth-order valence-electron chi connectivity index (χ4n) is 2.76. The summed E-state index contributed by atoms with van der Waals surface area (Å²) in [5.41, 5.74) is 7.76. The van der Waals surface area contributed by atoms with Crippen LogP contribution in [0.4, 0.5) is 11.4 Å². The van der Waals surface area contributed by atoms with Crippen LogP contribution in [0.3, 0.4) is 0 Å². The van der Waals surface area contributed by atoms with Gasteiger partial charge in [0.2, 0.25) is 10.0 Å². The van der Waals surface area contributed by atoms with Crippen LogP contribution < -0.4 is 15.8 Å². The predicted octanol–water partition coefficient (Wildman–Crippen LogP) is 4.51. The highest BCUT2D eigenvalue weighted by molar-refractivity contribution is 7.89. The Bertz CT molecular complexity index is 1250. The number of nitrogen functional groups attached to an aromatic ring is 1. The van der Waals surface area contributed by atoms with Gasteiger partial charge in [-0.05, 0) is 48.9 Å². The summed E-state index contributed by atoms with van der Waals surface area (Å²) >= 11 is 11.9. The molecule has 0 aliphatic heterocycles. The minimum Gasteiger partial charge on any atom is -0.396 e. The Labute approximate surface area is 195 Å². The van der Waals surface area contributed by atoms with Crippen molar-refractivity contribution < 1.29 is 18.0 Å². The summed E-state index contributed by atoms with van der Waals surface area (Å²) in [5, 5.41) is 3.13. The molecular formula is C22H19Cl2N3O4S. The van der Waals surface area contributed by atoms with Gasteiger partial charge in [-0.2, -0.15) is 0 Å². The van der Waals surface area contributed by atoms with Crippen molar-refractivity contribution in [3.8, 4) is 0 Å². The van der Waals surface area contributed by atoms with Crippen LogP contribution >= 0.6 is 23.2 Å². The number of benzene rings is 3. The molecule has 0 aliphatic rings. The fraction of sp³-hybridized carbons (Fsp3) is 0.0909. The van der Waals surface area contributed by atoms with E-state index in [0.29, 0.717) is 22.4 Å². The Morgan fingerprint density at radius 1 is 0.906 bits per heavy atom. The zero-order valence-electron chi connectivity index (χ0n) is 16.9. The zero-order valence-corrected chi connectivity index (χ0v) is 19.2. The molecule has 7 nitrogen and oxygen atoms in total. The van der Waals surface area contributed by atoms with E-state index in [1.165, 1.54) is 43.3 Å². The molecule has 0 saturated carbocycles. The lowest BCUT2D eigenvalue weighted by atomic mass is 10.1. The molecule has 10 heteroatoms. The number of ketones is 1. The highest BCUT2D eigenvalue weighted by Gasteiger charge is 2.15. The first-order valence-corrected chi connectivity index (χ1v) is 11.6. The van der Waals surface area contributed by atoms with Crippen LogP contribution in [0.2, 0.25) is 10.0 Å². The van der Waals surface area contributed by atoms with Gasteiger partial charge in [0.1, 0.15) is 0 Å². The van der Waals surface area contributed by atoms with Crippen molar-refractivity contribution in [1.82, 2.24) is 4.72 Å². The van der Waals surface area contributed by atoms with E-state index in [2.05, 4.69) is 10.0 Å². The molecule has 0 radical (unpaired) electrons.